The normalized spacial score (nSPS) is 16.3. The van der Waals surface area contributed by atoms with Crippen molar-refractivity contribution in [2.75, 3.05) is 26.2 Å². The Hall–Kier alpha value is -3.02. The Morgan fingerprint density at radius 1 is 1.14 bits per heavy atom. The molecule has 1 aliphatic heterocycles. The second-order valence-corrected chi connectivity index (χ2v) is 7.30. The van der Waals surface area contributed by atoms with E-state index in [1.165, 1.54) is 0 Å². The molecule has 2 amide bonds. The number of aromatic hydroxyl groups is 1. The van der Waals surface area contributed by atoms with Crippen molar-refractivity contribution in [2.24, 2.45) is 5.92 Å². The molecule has 1 heterocycles. The average Bonchev–Trinajstić information content (AvgIpc) is 2.74. The van der Waals surface area contributed by atoms with Gasteiger partial charge in [-0.25, -0.2) is 0 Å². The zero-order chi connectivity index (χ0) is 20.5. The second-order valence-electron chi connectivity index (χ2n) is 7.30. The van der Waals surface area contributed by atoms with E-state index in [4.69, 9.17) is 4.74 Å². The lowest BCUT2D eigenvalue weighted by Crippen LogP contribution is -2.46. The van der Waals surface area contributed by atoms with Gasteiger partial charge in [0, 0.05) is 19.6 Å². The van der Waals surface area contributed by atoms with Crippen molar-refractivity contribution in [1.82, 2.24) is 10.2 Å². The molecule has 0 aromatic heterocycles. The summed E-state index contributed by atoms with van der Waals surface area (Å²) in [7, 11) is 0. The van der Waals surface area contributed by atoms with Gasteiger partial charge in [0.25, 0.3) is 0 Å². The maximum absolute atomic E-state index is 12.5. The van der Waals surface area contributed by atoms with Crippen molar-refractivity contribution in [3.8, 4) is 11.5 Å². The first-order valence-electron chi connectivity index (χ1n) is 10.1. The second kappa shape index (κ2) is 10.5. The molecule has 1 fully saturated rings. The van der Waals surface area contributed by atoms with Gasteiger partial charge in [-0.3, -0.25) is 9.59 Å². The molecular formula is C23H28N2O4. The molecule has 0 aliphatic carbocycles. The smallest absolute Gasteiger partial charge is 0.226 e. The first kappa shape index (κ1) is 20.7. The van der Waals surface area contributed by atoms with Crippen LogP contribution in [0.1, 0.15) is 24.8 Å². The van der Waals surface area contributed by atoms with Crippen LogP contribution in [0.25, 0.3) is 0 Å². The quantitative estimate of drug-likeness (QED) is 0.719. The molecule has 3 rings (SSSR count). The zero-order valence-electron chi connectivity index (χ0n) is 16.5. The van der Waals surface area contributed by atoms with Crippen molar-refractivity contribution in [2.45, 2.75) is 25.7 Å². The fourth-order valence-electron chi connectivity index (χ4n) is 3.54. The predicted octanol–water partition coefficient (Wildman–Crippen LogP) is 2.76. The predicted molar refractivity (Wildman–Crippen MR) is 111 cm³/mol. The molecule has 29 heavy (non-hydrogen) atoms. The highest BCUT2D eigenvalue weighted by Gasteiger charge is 2.28. The molecule has 1 atom stereocenters. The van der Waals surface area contributed by atoms with Crippen LogP contribution in [0.4, 0.5) is 0 Å². The van der Waals surface area contributed by atoms with Crippen LogP contribution in [0.5, 0.6) is 11.5 Å². The maximum Gasteiger partial charge on any atom is 0.226 e. The lowest BCUT2D eigenvalue weighted by Gasteiger charge is -2.32. The maximum atomic E-state index is 12.5. The molecule has 2 aromatic rings. The molecule has 1 unspecified atom stereocenters. The summed E-state index contributed by atoms with van der Waals surface area (Å²) in [5, 5.41) is 12.5. The summed E-state index contributed by atoms with van der Waals surface area (Å²) in [6.07, 6.45) is 2.59. The van der Waals surface area contributed by atoms with Crippen molar-refractivity contribution < 1.29 is 19.4 Å². The van der Waals surface area contributed by atoms with Crippen LogP contribution in [0.2, 0.25) is 0 Å². The molecule has 0 spiro atoms. The first-order chi connectivity index (χ1) is 14.1. The van der Waals surface area contributed by atoms with Gasteiger partial charge in [0.2, 0.25) is 11.8 Å². The van der Waals surface area contributed by atoms with E-state index in [1.54, 1.807) is 23.1 Å². The van der Waals surface area contributed by atoms with Crippen LogP contribution in [0.15, 0.2) is 54.6 Å². The number of phenols is 1. The van der Waals surface area contributed by atoms with E-state index in [0.29, 0.717) is 39.1 Å². The molecule has 1 aliphatic rings. The standard InChI is InChI=1S/C23H28N2O4/c26-20-8-4-6-18(16-20)11-13-24-23(28)19-7-5-14-25(17-19)22(27)12-15-29-21-9-2-1-3-10-21/h1-4,6,8-10,16,19,26H,5,7,11-15,17H2,(H,24,28). The largest absolute Gasteiger partial charge is 0.508 e. The highest BCUT2D eigenvalue weighted by atomic mass is 16.5. The summed E-state index contributed by atoms with van der Waals surface area (Å²) in [6, 6.07) is 16.5. The summed E-state index contributed by atoms with van der Waals surface area (Å²) in [5.41, 5.74) is 0.976. The third kappa shape index (κ3) is 6.52. The molecule has 2 N–H and O–H groups in total. The monoisotopic (exact) mass is 396 g/mol. The number of nitrogens with one attached hydrogen (secondary N) is 1. The molecule has 0 bridgehead atoms. The van der Waals surface area contributed by atoms with Crippen molar-refractivity contribution in [3.63, 3.8) is 0 Å². The van der Waals surface area contributed by atoms with Gasteiger partial charge in [0.05, 0.1) is 18.9 Å². The number of hydrogen-bond donors (Lipinski definition) is 2. The number of amides is 2. The van der Waals surface area contributed by atoms with Gasteiger partial charge >= 0.3 is 0 Å². The van der Waals surface area contributed by atoms with Gasteiger partial charge in [-0.2, -0.15) is 0 Å². The number of hydrogen-bond acceptors (Lipinski definition) is 4. The van der Waals surface area contributed by atoms with Crippen molar-refractivity contribution in [3.05, 3.63) is 60.2 Å². The van der Waals surface area contributed by atoms with Gasteiger partial charge < -0.3 is 20.1 Å². The summed E-state index contributed by atoms with van der Waals surface area (Å²) in [5.74, 6) is 0.822. The van der Waals surface area contributed by atoms with Gasteiger partial charge in [-0.05, 0) is 49.1 Å². The minimum absolute atomic E-state index is 0.0109. The Morgan fingerprint density at radius 3 is 2.76 bits per heavy atom. The van der Waals surface area contributed by atoms with E-state index < -0.39 is 0 Å². The molecular weight excluding hydrogens is 368 g/mol. The number of benzene rings is 2. The Labute approximate surface area is 171 Å². The van der Waals surface area contributed by atoms with Gasteiger partial charge in [-0.15, -0.1) is 0 Å². The number of likely N-dealkylation sites (tertiary alicyclic amines) is 1. The molecule has 0 radical (unpaired) electrons. The van der Waals surface area contributed by atoms with Crippen molar-refractivity contribution >= 4 is 11.8 Å². The first-order valence-corrected chi connectivity index (χ1v) is 10.1. The third-order valence-corrected chi connectivity index (χ3v) is 5.10. The topological polar surface area (TPSA) is 78.9 Å². The fourth-order valence-corrected chi connectivity index (χ4v) is 3.54. The van der Waals surface area contributed by atoms with E-state index in [-0.39, 0.29) is 23.5 Å². The van der Waals surface area contributed by atoms with Gasteiger partial charge in [0.1, 0.15) is 11.5 Å². The number of carbonyl (C=O) groups is 2. The van der Waals surface area contributed by atoms with Crippen LogP contribution < -0.4 is 10.1 Å². The number of nitrogens with zero attached hydrogens (tertiary/aromatic N) is 1. The molecule has 0 saturated carbocycles. The van der Waals surface area contributed by atoms with Crippen LogP contribution >= 0.6 is 0 Å². The SMILES string of the molecule is O=C(NCCc1cccc(O)c1)C1CCCN(C(=O)CCOc2ccccc2)C1. The Morgan fingerprint density at radius 2 is 1.97 bits per heavy atom. The average molecular weight is 396 g/mol. The van der Waals surface area contributed by atoms with E-state index in [1.807, 2.05) is 36.4 Å². The molecule has 2 aromatic carbocycles. The van der Waals surface area contributed by atoms with E-state index in [2.05, 4.69) is 5.32 Å². The van der Waals surface area contributed by atoms with E-state index >= 15 is 0 Å². The van der Waals surface area contributed by atoms with E-state index in [9.17, 15) is 14.7 Å². The number of piperidine rings is 1. The molecule has 1 saturated heterocycles. The van der Waals surface area contributed by atoms with E-state index in [0.717, 1.165) is 24.2 Å². The summed E-state index contributed by atoms with van der Waals surface area (Å²) < 4.78 is 5.60. The third-order valence-electron chi connectivity index (χ3n) is 5.10. The minimum Gasteiger partial charge on any atom is -0.508 e. The molecule has 154 valence electrons. The number of para-hydroxylation sites is 1. The number of carbonyl (C=O) groups excluding carboxylic acids is 2. The summed E-state index contributed by atoms with van der Waals surface area (Å²) >= 11 is 0. The number of ether oxygens (including phenoxy) is 1. The summed E-state index contributed by atoms with van der Waals surface area (Å²) in [4.78, 5) is 26.8. The Balaban J connectivity index is 1.39. The van der Waals surface area contributed by atoms with Crippen LogP contribution in [-0.2, 0) is 16.0 Å². The van der Waals surface area contributed by atoms with Crippen molar-refractivity contribution in [1.29, 1.82) is 0 Å². The Bertz CT molecular complexity index is 810. The summed E-state index contributed by atoms with van der Waals surface area (Å²) in [6.45, 7) is 2.00. The lowest BCUT2D eigenvalue weighted by molar-refractivity contribution is -0.136. The van der Waals surface area contributed by atoms with Crippen LogP contribution in [0.3, 0.4) is 0 Å². The number of rotatable bonds is 8. The Kier molecular flexibility index (Phi) is 7.50. The molecule has 6 nitrogen and oxygen atoms in total. The zero-order valence-corrected chi connectivity index (χ0v) is 16.5. The lowest BCUT2D eigenvalue weighted by atomic mass is 9.96. The van der Waals surface area contributed by atoms with Crippen LogP contribution in [0, 0.1) is 5.92 Å². The van der Waals surface area contributed by atoms with Crippen LogP contribution in [-0.4, -0.2) is 48.1 Å². The minimum atomic E-state index is -0.174. The van der Waals surface area contributed by atoms with Gasteiger partial charge in [0.15, 0.2) is 0 Å². The fraction of sp³-hybridized carbons (Fsp3) is 0.391. The highest BCUT2D eigenvalue weighted by molar-refractivity contribution is 5.81. The molecule has 6 heteroatoms. The highest BCUT2D eigenvalue weighted by Crippen LogP contribution is 2.18. The van der Waals surface area contributed by atoms with Gasteiger partial charge in [-0.1, -0.05) is 30.3 Å². The number of phenolic OH excluding ortho intramolecular Hbond substituents is 1.